The number of halogens is 1. The van der Waals surface area contributed by atoms with Gasteiger partial charge in [-0.2, -0.15) is 0 Å². The van der Waals surface area contributed by atoms with Crippen LogP contribution in [0, 0.1) is 0 Å². The highest BCUT2D eigenvalue weighted by atomic mass is 35.5. The Kier molecular flexibility index (Phi) is 5.28. The molecule has 122 valence electrons. The van der Waals surface area contributed by atoms with E-state index >= 15 is 0 Å². The second-order valence-electron chi connectivity index (χ2n) is 5.07. The first-order chi connectivity index (χ1) is 10.8. The van der Waals surface area contributed by atoms with Gasteiger partial charge in [0.25, 0.3) is 5.91 Å². The molecule has 0 saturated carbocycles. The smallest absolute Gasteiger partial charge is 0.255 e. The lowest BCUT2D eigenvalue weighted by molar-refractivity contribution is 0.102. The van der Waals surface area contributed by atoms with E-state index in [9.17, 15) is 13.2 Å². The molecule has 0 heterocycles. The molecule has 0 aliphatic carbocycles. The molecule has 0 atom stereocenters. The first-order valence-electron chi connectivity index (χ1n) is 6.70. The molecule has 23 heavy (non-hydrogen) atoms. The molecule has 0 saturated heterocycles. The first kappa shape index (κ1) is 17.3. The Balaban J connectivity index is 2.17. The number of methoxy groups -OCH3 is 1. The normalized spacial score (nSPS) is 11.1. The molecule has 1 amide bonds. The van der Waals surface area contributed by atoms with Crippen LogP contribution in [0.5, 0.6) is 5.75 Å². The Morgan fingerprint density at radius 2 is 1.83 bits per heavy atom. The number of rotatable bonds is 5. The highest BCUT2D eigenvalue weighted by molar-refractivity contribution is 7.89. The summed E-state index contributed by atoms with van der Waals surface area (Å²) in [6.45, 7) is 0. The first-order valence-corrected chi connectivity index (χ1v) is 9.14. The predicted molar refractivity (Wildman–Crippen MR) is 90.9 cm³/mol. The van der Waals surface area contributed by atoms with E-state index in [-0.39, 0.29) is 11.7 Å². The molecule has 0 aliphatic heterocycles. The molecule has 0 fully saturated rings. The fourth-order valence-electron chi connectivity index (χ4n) is 2.03. The number of ether oxygens (including phenoxy) is 1. The lowest BCUT2D eigenvalue weighted by atomic mass is 10.1. The fourth-order valence-corrected chi connectivity index (χ4v) is 3.00. The Morgan fingerprint density at radius 3 is 2.39 bits per heavy atom. The van der Waals surface area contributed by atoms with Crippen LogP contribution in [0.2, 0.25) is 5.02 Å². The summed E-state index contributed by atoms with van der Waals surface area (Å²) < 4.78 is 27.7. The van der Waals surface area contributed by atoms with E-state index in [0.29, 0.717) is 27.6 Å². The number of hydrogen-bond donors (Lipinski definition) is 1. The second-order valence-corrected chi connectivity index (χ2v) is 7.64. The van der Waals surface area contributed by atoms with E-state index in [1.54, 1.807) is 42.5 Å². The Morgan fingerprint density at radius 1 is 1.17 bits per heavy atom. The summed E-state index contributed by atoms with van der Waals surface area (Å²) in [5.41, 5.74) is 1.50. The Labute approximate surface area is 140 Å². The third-order valence-electron chi connectivity index (χ3n) is 3.05. The van der Waals surface area contributed by atoms with E-state index in [1.807, 2.05) is 0 Å². The molecule has 2 aromatic carbocycles. The van der Waals surface area contributed by atoms with Crippen molar-refractivity contribution in [3.63, 3.8) is 0 Å². The summed E-state index contributed by atoms with van der Waals surface area (Å²) in [5, 5.41) is 3.20. The number of benzene rings is 2. The molecular formula is C16H16ClNO4S. The van der Waals surface area contributed by atoms with Gasteiger partial charge in [0.1, 0.15) is 5.75 Å². The van der Waals surface area contributed by atoms with Crippen molar-refractivity contribution in [2.45, 2.75) is 5.75 Å². The van der Waals surface area contributed by atoms with Gasteiger partial charge in [0.15, 0.2) is 9.84 Å². The van der Waals surface area contributed by atoms with Gasteiger partial charge in [-0.15, -0.1) is 0 Å². The van der Waals surface area contributed by atoms with Gasteiger partial charge < -0.3 is 10.1 Å². The van der Waals surface area contributed by atoms with Crippen molar-refractivity contribution in [1.82, 2.24) is 0 Å². The van der Waals surface area contributed by atoms with Gasteiger partial charge in [-0.25, -0.2) is 8.42 Å². The zero-order chi connectivity index (χ0) is 17.0. The number of anilines is 1. The van der Waals surface area contributed by atoms with E-state index in [0.717, 1.165) is 0 Å². The molecule has 0 spiro atoms. The number of carbonyl (C=O) groups excluding carboxylic acids is 1. The third kappa shape index (κ3) is 4.97. The summed E-state index contributed by atoms with van der Waals surface area (Å²) in [5.74, 6) is 0.102. The van der Waals surface area contributed by atoms with Crippen LogP contribution in [0.4, 0.5) is 5.69 Å². The molecule has 2 rings (SSSR count). The minimum absolute atomic E-state index is 0.0585. The summed E-state index contributed by atoms with van der Waals surface area (Å²) in [7, 11) is -1.61. The molecule has 2 aromatic rings. The van der Waals surface area contributed by atoms with Gasteiger partial charge in [-0.1, -0.05) is 23.7 Å². The van der Waals surface area contributed by atoms with E-state index in [4.69, 9.17) is 16.3 Å². The fraction of sp³-hybridized carbons (Fsp3) is 0.188. The molecule has 0 bridgehead atoms. The molecule has 7 heteroatoms. The zero-order valence-corrected chi connectivity index (χ0v) is 14.2. The van der Waals surface area contributed by atoms with Crippen LogP contribution < -0.4 is 10.1 Å². The average molecular weight is 354 g/mol. The number of hydrogen-bond acceptors (Lipinski definition) is 4. The van der Waals surface area contributed by atoms with Crippen molar-refractivity contribution in [1.29, 1.82) is 0 Å². The van der Waals surface area contributed by atoms with Gasteiger partial charge in [-0.05, 0) is 35.9 Å². The van der Waals surface area contributed by atoms with Crippen LogP contribution in [0.3, 0.4) is 0 Å². The van der Waals surface area contributed by atoms with Crippen molar-refractivity contribution < 1.29 is 17.9 Å². The zero-order valence-electron chi connectivity index (χ0n) is 12.7. The number of carbonyl (C=O) groups is 1. The summed E-state index contributed by atoms with van der Waals surface area (Å²) in [6, 6.07) is 11.3. The monoisotopic (exact) mass is 353 g/mol. The minimum Gasteiger partial charge on any atom is -0.495 e. The largest absolute Gasteiger partial charge is 0.495 e. The molecule has 0 aromatic heterocycles. The third-order valence-corrected chi connectivity index (χ3v) is 4.15. The van der Waals surface area contributed by atoms with Gasteiger partial charge in [-0.3, -0.25) is 4.79 Å². The number of nitrogens with one attached hydrogen (secondary N) is 1. The van der Waals surface area contributed by atoms with Gasteiger partial charge in [0.05, 0.1) is 18.6 Å². The topological polar surface area (TPSA) is 72.5 Å². The van der Waals surface area contributed by atoms with Gasteiger partial charge in [0, 0.05) is 16.8 Å². The van der Waals surface area contributed by atoms with E-state index in [2.05, 4.69) is 5.32 Å². The molecule has 0 unspecified atom stereocenters. The minimum atomic E-state index is -3.10. The van der Waals surface area contributed by atoms with Crippen LogP contribution in [-0.2, 0) is 15.6 Å². The van der Waals surface area contributed by atoms with Crippen molar-refractivity contribution in [2.75, 3.05) is 18.7 Å². The molecule has 1 N–H and O–H groups in total. The van der Waals surface area contributed by atoms with Gasteiger partial charge in [0.2, 0.25) is 0 Å². The lowest BCUT2D eigenvalue weighted by Gasteiger charge is -2.11. The summed E-state index contributed by atoms with van der Waals surface area (Å²) >= 11 is 5.92. The molecular weight excluding hydrogens is 338 g/mol. The Bertz CT molecular complexity index is 816. The van der Waals surface area contributed by atoms with Crippen molar-refractivity contribution in [2.24, 2.45) is 0 Å². The van der Waals surface area contributed by atoms with Crippen LogP contribution in [0.15, 0.2) is 42.5 Å². The van der Waals surface area contributed by atoms with E-state index < -0.39 is 9.84 Å². The van der Waals surface area contributed by atoms with Crippen LogP contribution >= 0.6 is 11.6 Å². The summed E-state index contributed by atoms with van der Waals surface area (Å²) in [4.78, 5) is 12.3. The van der Waals surface area contributed by atoms with Crippen molar-refractivity contribution in [3.05, 3.63) is 58.6 Å². The van der Waals surface area contributed by atoms with Crippen LogP contribution in [0.1, 0.15) is 15.9 Å². The SMILES string of the molecule is COc1ccc(Cl)cc1NC(=O)c1ccc(CS(C)(=O)=O)cc1. The molecule has 0 radical (unpaired) electrons. The molecule has 0 aliphatic rings. The maximum absolute atomic E-state index is 12.3. The average Bonchev–Trinajstić information content (AvgIpc) is 2.46. The van der Waals surface area contributed by atoms with E-state index in [1.165, 1.54) is 13.4 Å². The Hall–Kier alpha value is -2.05. The maximum atomic E-state index is 12.3. The van der Waals surface area contributed by atoms with Crippen LogP contribution in [0.25, 0.3) is 0 Å². The quantitative estimate of drug-likeness (QED) is 0.896. The van der Waals surface area contributed by atoms with Gasteiger partial charge >= 0.3 is 0 Å². The second kappa shape index (κ2) is 7.02. The van der Waals surface area contributed by atoms with Crippen molar-refractivity contribution in [3.8, 4) is 5.75 Å². The highest BCUT2D eigenvalue weighted by Crippen LogP contribution is 2.28. The molecule has 5 nitrogen and oxygen atoms in total. The lowest BCUT2D eigenvalue weighted by Crippen LogP contribution is -2.13. The predicted octanol–water partition coefficient (Wildman–Crippen LogP) is 3.15. The standard InChI is InChI=1S/C16H16ClNO4S/c1-22-15-8-7-13(17)9-14(15)18-16(19)12-5-3-11(4-6-12)10-23(2,20)21/h3-9H,10H2,1-2H3,(H,18,19). The van der Waals surface area contributed by atoms with Crippen LogP contribution in [-0.4, -0.2) is 27.7 Å². The summed E-state index contributed by atoms with van der Waals surface area (Å²) in [6.07, 6.45) is 1.17. The number of sulfone groups is 1. The maximum Gasteiger partial charge on any atom is 0.255 e. The number of amides is 1. The highest BCUT2D eigenvalue weighted by Gasteiger charge is 2.11. The van der Waals surface area contributed by atoms with Crippen molar-refractivity contribution >= 4 is 33.0 Å².